The molecule has 0 N–H and O–H groups in total. The fourth-order valence-corrected chi connectivity index (χ4v) is 6.46. The fraction of sp³-hybridized carbons (Fsp3) is 0.231. The van der Waals surface area contributed by atoms with Gasteiger partial charge in [-0.3, -0.25) is 9.69 Å². The summed E-state index contributed by atoms with van der Waals surface area (Å²) >= 11 is 6.59. The number of benzene rings is 2. The molecule has 1 aliphatic heterocycles. The first kappa shape index (κ1) is 22.6. The van der Waals surface area contributed by atoms with Crippen molar-refractivity contribution in [2.75, 3.05) is 0 Å². The van der Waals surface area contributed by atoms with Gasteiger partial charge in [0.15, 0.2) is 10.3 Å². The average molecular weight is 540 g/mol. The van der Waals surface area contributed by atoms with Crippen molar-refractivity contribution in [1.82, 2.24) is 4.90 Å². The maximum atomic E-state index is 13.5. The van der Waals surface area contributed by atoms with E-state index >= 15 is 0 Å². The van der Waals surface area contributed by atoms with Gasteiger partial charge in [-0.1, -0.05) is 67.4 Å². The summed E-state index contributed by atoms with van der Waals surface area (Å²) in [6, 6.07) is 22.1. The van der Waals surface area contributed by atoms with E-state index in [2.05, 4.69) is 15.9 Å². The van der Waals surface area contributed by atoms with Crippen LogP contribution in [-0.2, 0) is 4.79 Å². The SMILES string of the molecule is O=C1/C(=C\c2cc(Br)c(Sc3ccccc3)o2)SC(=Nc2ccccc2)N1C1CCCCC1. The molecule has 7 heteroatoms. The number of hydrogen-bond acceptors (Lipinski definition) is 5. The van der Waals surface area contributed by atoms with E-state index in [0.717, 1.165) is 51.0 Å². The van der Waals surface area contributed by atoms with Crippen molar-refractivity contribution >= 4 is 62.3 Å². The molecule has 1 amide bonds. The highest BCUT2D eigenvalue weighted by Crippen LogP contribution is 2.41. The number of carbonyl (C=O) groups is 1. The summed E-state index contributed by atoms with van der Waals surface area (Å²) < 4.78 is 6.95. The Kier molecular flexibility index (Phi) is 7.09. The number of para-hydroxylation sites is 1. The Morgan fingerprint density at radius 2 is 1.73 bits per heavy atom. The van der Waals surface area contributed by atoms with Gasteiger partial charge in [0.1, 0.15) is 5.76 Å². The van der Waals surface area contributed by atoms with Gasteiger partial charge >= 0.3 is 0 Å². The van der Waals surface area contributed by atoms with Crippen LogP contribution in [-0.4, -0.2) is 22.0 Å². The van der Waals surface area contributed by atoms with Crippen LogP contribution in [0.15, 0.2) is 95.5 Å². The molecule has 0 radical (unpaired) electrons. The first-order chi connectivity index (χ1) is 16.2. The molecule has 1 saturated heterocycles. The molecule has 2 aliphatic rings. The van der Waals surface area contributed by atoms with E-state index in [9.17, 15) is 4.79 Å². The molecule has 168 valence electrons. The minimum absolute atomic E-state index is 0.0198. The molecule has 0 unspecified atom stereocenters. The van der Waals surface area contributed by atoms with Gasteiger partial charge in [0.25, 0.3) is 5.91 Å². The Hall–Kier alpha value is -2.22. The zero-order valence-electron chi connectivity index (χ0n) is 17.9. The fourth-order valence-electron chi connectivity index (χ4n) is 4.07. The van der Waals surface area contributed by atoms with E-state index in [-0.39, 0.29) is 11.9 Å². The van der Waals surface area contributed by atoms with E-state index in [1.54, 1.807) is 11.8 Å². The van der Waals surface area contributed by atoms with Crippen molar-refractivity contribution < 1.29 is 9.21 Å². The lowest BCUT2D eigenvalue weighted by atomic mass is 9.94. The predicted molar refractivity (Wildman–Crippen MR) is 140 cm³/mol. The third kappa shape index (κ3) is 5.31. The number of amidine groups is 1. The van der Waals surface area contributed by atoms with Crippen molar-refractivity contribution in [2.45, 2.75) is 48.1 Å². The summed E-state index contributed by atoms with van der Waals surface area (Å²) in [6.45, 7) is 0. The lowest BCUT2D eigenvalue weighted by Crippen LogP contribution is -2.40. The lowest BCUT2D eigenvalue weighted by Gasteiger charge is -2.30. The van der Waals surface area contributed by atoms with Crippen LogP contribution in [0.2, 0.25) is 0 Å². The molecular formula is C26H23BrN2O2S2. The number of halogens is 1. The molecule has 3 aromatic rings. The third-order valence-corrected chi connectivity index (χ3v) is 8.49. The van der Waals surface area contributed by atoms with E-state index in [1.807, 2.05) is 77.7 Å². The average Bonchev–Trinajstić information content (AvgIpc) is 3.34. The second-order valence-corrected chi connectivity index (χ2v) is 10.9. The van der Waals surface area contributed by atoms with Gasteiger partial charge in [-0.25, -0.2) is 4.99 Å². The normalized spacial score (nSPS) is 19.7. The Balaban J connectivity index is 1.44. The highest BCUT2D eigenvalue weighted by atomic mass is 79.9. The monoisotopic (exact) mass is 538 g/mol. The number of hydrogen-bond donors (Lipinski definition) is 0. The Labute approximate surface area is 210 Å². The van der Waals surface area contributed by atoms with E-state index in [1.165, 1.54) is 18.2 Å². The van der Waals surface area contributed by atoms with Crippen LogP contribution in [0.4, 0.5) is 5.69 Å². The third-order valence-electron chi connectivity index (χ3n) is 5.66. The molecule has 2 heterocycles. The molecule has 33 heavy (non-hydrogen) atoms. The summed E-state index contributed by atoms with van der Waals surface area (Å²) in [6.07, 6.45) is 7.44. The summed E-state index contributed by atoms with van der Waals surface area (Å²) in [7, 11) is 0. The quantitative estimate of drug-likeness (QED) is 0.307. The van der Waals surface area contributed by atoms with Crippen LogP contribution >= 0.6 is 39.5 Å². The molecule has 2 fully saturated rings. The largest absolute Gasteiger partial charge is 0.449 e. The summed E-state index contributed by atoms with van der Waals surface area (Å²) in [5, 5.41) is 1.53. The number of aliphatic imine (C=N–C) groups is 1. The number of carbonyl (C=O) groups excluding carboxylic acids is 1. The molecule has 1 aliphatic carbocycles. The van der Waals surface area contributed by atoms with Crippen molar-refractivity contribution in [3.8, 4) is 0 Å². The first-order valence-corrected chi connectivity index (χ1v) is 13.5. The van der Waals surface area contributed by atoms with Crippen molar-refractivity contribution in [1.29, 1.82) is 0 Å². The molecular weight excluding hydrogens is 516 g/mol. The molecule has 1 saturated carbocycles. The van der Waals surface area contributed by atoms with E-state index in [0.29, 0.717) is 10.7 Å². The maximum Gasteiger partial charge on any atom is 0.267 e. The molecule has 0 spiro atoms. The first-order valence-electron chi connectivity index (χ1n) is 11.1. The summed E-state index contributed by atoms with van der Waals surface area (Å²) in [4.78, 5) is 22.0. The molecule has 0 atom stereocenters. The van der Waals surface area contributed by atoms with Gasteiger partial charge in [-0.15, -0.1) is 0 Å². The van der Waals surface area contributed by atoms with Crippen LogP contribution < -0.4 is 0 Å². The lowest BCUT2D eigenvalue weighted by molar-refractivity contribution is -0.124. The van der Waals surface area contributed by atoms with E-state index < -0.39 is 0 Å². The number of thioether (sulfide) groups is 1. The Morgan fingerprint density at radius 1 is 1.03 bits per heavy atom. The van der Waals surface area contributed by atoms with Crippen LogP contribution in [0.25, 0.3) is 6.08 Å². The van der Waals surface area contributed by atoms with Crippen LogP contribution in [0, 0.1) is 0 Å². The predicted octanol–water partition coefficient (Wildman–Crippen LogP) is 8.13. The molecule has 2 aromatic carbocycles. The summed E-state index contributed by atoms with van der Waals surface area (Å²) in [5.74, 6) is 0.673. The summed E-state index contributed by atoms with van der Waals surface area (Å²) in [5.41, 5.74) is 0.858. The second-order valence-electron chi connectivity index (χ2n) is 8.01. The number of furan rings is 1. The van der Waals surface area contributed by atoms with Gasteiger partial charge in [0, 0.05) is 17.0 Å². The van der Waals surface area contributed by atoms with Crippen LogP contribution in [0.3, 0.4) is 0 Å². The van der Waals surface area contributed by atoms with E-state index in [4.69, 9.17) is 9.41 Å². The Morgan fingerprint density at radius 3 is 2.45 bits per heavy atom. The van der Waals surface area contributed by atoms with Gasteiger partial charge < -0.3 is 4.42 Å². The van der Waals surface area contributed by atoms with Gasteiger partial charge in [0.2, 0.25) is 0 Å². The van der Waals surface area contributed by atoms with Crippen molar-refractivity contribution in [3.05, 3.63) is 81.9 Å². The van der Waals surface area contributed by atoms with Crippen LogP contribution in [0.5, 0.6) is 0 Å². The second kappa shape index (κ2) is 10.4. The highest BCUT2D eigenvalue weighted by Gasteiger charge is 2.38. The van der Waals surface area contributed by atoms with Crippen molar-refractivity contribution in [2.24, 2.45) is 4.99 Å². The Bertz CT molecular complexity index is 1190. The van der Waals surface area contributed by atoms with Gasteiger partial charge in [-0.2, -0.15) is 0 Å². The molecule has 1 aromatic heterocycles. The minimum Gasteiger partial charge on any atom is -0.449 e. The zero-order chi connectivity index (χ0) is 22.6. The van der Waals surface area contributed by atoms with Gasteiger partial charge in [-0.05, 0) is 70.9 Å². The minimum atomic E-state index is 0.0198. The molecule has 4 nitrogen and oxygen atoms in total. The highest BCUT2D eigenvalue weighted by molar-refractivity contribution is 9.10. The topological polar surface area (TPSA) is 45.8 Å². The smallest absolute Gasteiger partial charge is 0.267 e. The van der Waals surface area contributed by atoms with Gasteiger partial charge in [0.05, 0.1) is 15.1 Å². The van der Waals surface area contributed by atoms with Crippen LogP contribution in [0.1, 0.15) is 37.9 Å². The van der Waals surface area contributed by atoms with Crippen molar-refractivity contribution in [3.63, 3.8) is 0 Å². The standard InChI is InChI=1S/C26H23BrN2O2S2/c27-22-16-20(31-25(22)32-21-14-8-3-9-15-21)17-23-24(30)29(19-12-6-2-7-13-19)26(33-23)28-18-10-4-1-5-11-18/h1,3-5,8-11,14-17,19H,2,6-7,12-13H2/b23-17+,28-26?. The number of nitrogens with zero attached hydrogens (tertiary/aromatic N) is 2. The zero-order valence-corrected chi connectivity index (χ0v) is 21.2. The number of amides is 1. The molecule has 5 rings (SSSR count). The maximum absolute atomic E-state index is 13.5. The molecule has 0 bridgehead atoms. The number of rotatable bonds is 5.